The number of nitrogens with one attached hydrogen (secondary N) is 1. The van der Waals surface area contributed by atoms with E-state index in [0.717, 1.165) is 10.5 Å². The summed E-state index contributed by atoms with van der Waals surface area (Å²) < 4.78 is 24.9. The molecule has 0 aromatic heterocycles. The zero-order valence-corrected chi connectivity index (χ0v) is 18.4. The Kier molecular flexibility index (Phi) is 6.46. The summed E-state index contributed by atoms with van der Waals surface area (Å²) in [6.45, 7) is 0.253. The predicted molar refractivity (Wildman–Crippen MR) is 126 cm³/mol. The molecule has 1 fully saturated rings. The van der Waals surface area contributed by atoms with Gasteiger partial charge >= 0.3 is 5.97 Å². The molecular formula is C25H19FN2O4S. The Balaban J connectivity index is 1.53. The van der Waals surface area contributed by atoms with Gasteiger partial charge in [-0.2, -0.15) is 0 Å². The summed E-state index contributed by atoms with van der Waals surface area (Å²) in [4.78, 5) is 25.6. The number of benzene rings is 3. The Morgan fingerprint density at radius 1 is 1.06 bits per heavy atom. The first kappa shape index (κ1) is 22.2. The second-order valence-corrected chi connectivity index (χ2v) is 7.48. The number of carbonyl (C=O) groups excluding carboxylic acids is 2. The summed E-state index contributed by atoms with van der Waals surface area (Å²) in [5, 5.41) is 2.95. The molecule has 33 heavy (non-hydrogen) atoms. The van der Waals surface area contributed by atoms with Crippen molar-refractivity contribution >= 4 is 41.0 Å². The Labute approximate surface area is 195 Å². The Bertz CT molecular complexity index is 1260. The lowest BCUT2D eigenvalue weighted by Crippen LogP contribution is -2.31. The second kappa shape index (κ2) is 9.62. The Morgan fingerprint density at radius 3 is 2.48 bits per heavy atom. The highest BCUT2D eigenvalue weighted by atomic mass is 32.1. The van der Waals surface area contributed by atoms with Crippen molar-refractivity contribution in [2.45, 2.75) is 6.61 Å². The lowest BCUT2D eigenvalue weighted by molar-refractivity contribution is -0.113. The van der Waals surface area contributed by atoms with Crippen molar-refractivity contribution in [3.05, 3.63) is 101 Å². The van der Waals surface area contributed by atoms with E-state index in [1.165, 1.54) is 19.2 Å². The van der Waals surface area contributed by atoms with Gasteiger partial charge < -0.3 is 14.8 Å². The van der Waals surface area contributed by atoms with Crippen LogP contribution in [0.5, 0.6) is 5.75 Å². The van der Waals surface area contributed by atoms with E-state index in [9.17, 15) is 14.0 Å². The number of halogens is 1. The zero-order chi connectivity index (χ0) is 23.4. The number of ether oxygens (including phenoxy) is 2. The van der Waals surface area contributed by atoms with Crippen molar-refractivity contribution in [1.29, 1.82) is 0 Å². The first-order valence-electron chi connectivity index (χ1n) is 9.98. The van der Waals surface area contributed by atoms with E-state index in [1.807, 2.05) is 12.1 Å². The van der Waals surface area contributed by atoms with Gasteiger partial charge in [-0.3, -0.25) is 4.79 Å². The van der Waals surface area contributed by atoms with Crippen LogP contribution in [-0.4, -0.2) is 24.1 Å². The number of hydrogen-bond donors (Lipinski definition) is 1. The summed E-state index contributed by atoms with van der Waals surface area (Å²) in [7, 11) is 1.33. The van der Waals surface area contributed by atoms with Gasteiger partial charge in [-0.05, 0) is 54.2 Å². The molecule has 1 N–H and O–H groups in total. The molecule has 166 valence electrons. The van der Waals surface area contributed by atoms with Crippen LogP contribution in [0.15, 0.2) is 78.5 Å². The molecule has 3 aromatic carbocycles. The highest BCUT2D eigenvalue weighted by Gasteiger charge is 2.33. The number of nitrogens with zero attached hydrogens (tertiary/aromatic N) is 1. The van der Waals surface area contributed by atoms with Crippen molar-refractivity contribution in [2.24, 2.45) is 0 Å². The standard InChI is InChI=1S/C25H19FN2O4S/c1-31-24(30)17-12-10-16(11-13-17)15-32-22-9-5-2-6-18(22)14-20-23(29)28(25(33)27-20)21-8-4-3-7-19(21)26/h2-14H,15H2,1H3,(H,27,33)/b20-14-. The molecule has 1 aliphatic heterocycles. The lowest BCUT2D eigenvalue weighted by Gasteiger charge is -2.14. The van der Waals surface area contributed by atoms with E-state index in [-0.39, 0.29) is 23.1 Å². The van der Waals surface area contributed by atoms with Crippen molar-refractivity contribution in [3.63, 3.8) is 0 Å². The molecule has 1 heterocycles. The normalized spacial score (nSPS) is 14.4. The van der Waals surface area contributed by atoms with Gasteiger partial charge in [0.05, 0.1) is 18.4 Å². The SMILES string of the molecule is COC(=O)c1ccc(COc2ccccc2/C=C2\NC(=S)N(c3ccccc3F)C2=O)cc1. The molecule has 1 amide bonds. The Morgan fingerprint density at radius 2 is 1.76 bits per heavy atom. The van der Waals surface area contributed by atoms with E-state index in [1.54, 1.807) is 54.6 Å². The number of anilines is 1. The predicted octanol–water partition coefficient (Wildman–Crippen LogP) is 4.45. The minimum atomic E-state index is -0.543. The highest BCUT2D eigenvalue weighted by Crippen LogP contribution is 2.27. The third-order valence-corrected chi connectivity index (χ3v) is 5.24. The van der Waals surface area contributed by atoms with Crippen molar-refractivity contribution in [3.8, 4) is 5.75 Å². The van der Waals surface area contributed by atoms with E-state index >= 15 is 0 Å². The van der Waals surface area contributed by atoms with Gasteiger partial charge in [0, 0.05) is 5.56 Å². The van der Waals surface area contributed by atoms with Crippen LogP contribution in [-0.2, 0) is 16.1 Å². The molecule has 0 atom stereocenters. The number of esters is 1. The topological polar surface area (TPSA) is 67.9 Å². The molecule has 1 aliphatic rings. The minimum absolute atomic E-state index is 0.0864. The molecular weight excluding hydrogens is 443 g/mol. The smallest absolute Gasteiger partial charge is 0.337 e. The second-order valence-electron chi connectivity index (χ2n) is 7.10. The fraction of sp³-hybridized carbons (Fsp3) is 0.0800. The molecule has 4 rings (SSSR count). The summed E-state index contributed by atoms with van der Waals surface area (Å²) in [6.07, 6.45) is 1.62. The molecule has 0 unspecified atom stereocenters. The summed E-state index contributed by atoms with van der Waals surface area (Å²) in [5.41, 5.74) is 2.25. The van der Waals surface area contributed by atoms with E-state index in [2.05, 4.69) is 5.32 Å². The van der Waals surface area contributed by atoms with E-state index in [4.69, 9.17) is 21.7 Å². The fourth-order valence-electron chi connectivity index (χ4n) is 3.29. The van der Waals surface area contributed by atoms with Crippen LogP contribution >= 0.6 is 12.2 Å². The Hall–Kier alpha value is -4.04. The number of carbonyl (C=O) groups is 2. The third kappa shape index (κ3) is 4.75. The number of hydrogen-bond acceptors (Lipinski definition) is 5. The molecule has 0 saturated carbocycles. The molecule has 3 aromatic rings. The third-order valence-electron chi connectivity index (χ3n) is 4.96. The van der Waals surface area contributed by atoms with Crippen LogP contribution in [0.1, 0.15) is 21.5 Å². The molecule has 0 aliphatic carbocycles. The maximum Gasteiger partial charge on any atom is 0.337 e. The van der Waals surface area contributed by atoms with Crippen LogP contribution in [0.2, 0.25) is 0 Å². The van der Waals surface area contributed by atoms with Crippen molar-refractivity contribution < 1.29 is 23.5 Å². The van der Waals surface area contributed by atoms with Gasteiger partial charge in [-0.15, -0.1) is 0 Å². The summed E-state index contributed by atoms with van der Waals surface area (Å²) >= 11 is 5.26. The van der Waals surface area contributed by atoms with Gasteiger partial charge in [-0.25, -0.2) is 14.1 Å². The summed E-state index contributed by atoms with van der Waals surface area (Å²) in [6, 6.07) is 20.0. The van der Waals surface area contributed by atoms with E-state index in [0.29, 0.717) is 16.9 Å². The average molecular weight is 463 g/mol. The van der Waals surface area contributed by atoms with Crippen LogP contribution in [0, 0.1) is 5.82 Å². The number of thiocarbonyl (C=S) groups is 1. The molecule has 1 saturated heterocycles. The molecule has 6 nitrogen and oxygen atoms in total. The largest absolute Gasteiger partial charge is 0.488 e. The number of para-hydroxylation sites is 2. The summed E-state index contributed by atoms with van der Waals surface area (Å²) in [5.74, 6) is -0.862. The van der Waals surface area contributed by atoms with Gasteiger partial charge in [0.25, 0.3) is 5.91 Å². The first-order valence-corrected chi connectivity index (χ1v) is 10.4. The molecule has 8 heteroatoms. The maximum atomic E-state index is 14.2. The minimum Gasteiger partial charge on any atom is -0.488 e. The number of amides is 1. The average Bonchev–Trinajstić information content (AvgIpc) is 3.11. The van der Waals surface area contributed by atoms with Crippen LogP contribution in [0.25, 0.3) is 6.08 Å². The fourth-order valence-corrected chi connectivity index (χ4v) is 3.58. The maximum absolute atomic E-state index is 14.2. The number of rotatable bonds is 6. The monoisotopic (exact) mass is 462 g/mol. The van der Waals surface area contributed by atoms with Gasteiger partial charge in [-0.1, -0.05) is 42.5 Å². The van der Waals surface area contributed by atoms with Crippen LogP contribution in [0.3, 0.4) is 0 Å². The van der Waals surface area contributed by atoms with Gasteiger partial charge in [0.1, 0.15) is 23.9 Å². The van der Waals surface area contributed by atoms with Crippen LogP contribution < -0.4 is 15.0 Å². The quantitative estimate of drug-likeness (QED) is 0.332. The van der Waals surface area contributed by atoms with Crippen molar-refractivity contribution in [2.75, 3.05) is 12.0 Å². The van der Waals surface area contributed by atoms with Crippen molar-refractivity contribution in [1.82, 2.24) is 5.32 Å². The zero-order valence-electron chi connectivity index (χ0n) is 17.6. The van der Waals surface area contributed by atoms with E-state index < -0.39 is 17.7 Å². The van der Waals surface area contributed by atoms with Gasteiger partial charge in [0.15, 0.2) is 5.11 Å². The highest BCUT2D eigenvalue weighted by molar-refractivity contribution is 7.80. The first-order chi connectivity index (χ1) is 16.0. The molecule has 0 radical (unpaired) electrons. The molecule has 0 bridgehead atoms. The lowest BCUT2D eigenvalue weighted by atomic mass is 10.1. The number of methoxy groups -OCH3 is 1. The van der Waals surface area contributed by atoms with Gasteiger partial charge in [0.2, 0.25) is 0 Å². The van der Waals surface area contributed by atoms with Crippen LogP contribution in [0.4, 0.5) is 10.1 Å². The molecule has 0 spiro atoms.